The molecule has 0 spiro atoms. The molecule has 0 atom stereocenters. The lowest BCUT2D eigenvalue weighted by Crippen LogP contribution is -2.15. The molecule has 0 fully saturated rings. The number of nitrogens with zero attached hydrogens (tertiary/aromatic N) is 4. The molecule has 24 heavy (non-hydrogen) atoms. The summed E-state index contributed by atoms with van der Waals surface area (Å²) in [6, 6.07) is 7.24. The van der Waals surface area contributed by atoms with E-state index in [4.69, 9.17) is 11.6 Å². The number of hydrogen-bond acceptors (Lipinski definition) is 7. The maximum atomic E-state index is 12.1. The second-order valence-electron chi connectivity index (χ2n) is 5.01. The summed E-state index contributed by atoms with van der Waals surface area (Å²) in [7, 11) is 0. The van der Waals surface area contributed by atoms with Gasteiger partial charge in [-0.2, -0.15) is 9.61 Å². The average molecular weight is 395 g/mol. The van der Waals surface area contributed by atoms with E-state index in [1.807, 2.05) is 25.1 Å². The van der Waals surface area contributed by atoms with Gasteiger partial charge in [0.15, 0.2) is 4.34 Å². The zero-order chi connectivity index (χ0) is 16.7. The van der Waals surface area contributed by atoms with Crippen LogP contribution in [0.4, 0.5) is 0 Å². The molecule has 3 aromatic heterocycles. The highest BCUT2D eigenvalue weighted by molar-refractivity contribution is 8.00. The van der Waals surface area contributed by atoms with Crippen molar-refractivity contribution in [1.29, 1.82) is 0 Å². The first-order valence-corrected chi connectivity index (χ1v) is 10.2. The summed E-state index contributed by atoms with van der Waals surface area (Å²) in [5.74, 6) is 0.596. The summed E-state index contributed by atoms with van der Waals surface area (Å²) in [6.45, 7) is 2.01. The van der Waals surface area contributed by atoms with Gasteiger partial charge in [0.05, 0.1) is 15.9 Å². The van der Waals surface area contributed by atoms with Crippen LogP contribution in [0.1, 0.15) is 17.6 Å². The van der Waals surface area contributed by atoms with Crippen LogP contribution in [-0.4, -0.2) is 19.6 Å². The van der Waals surface area contributed by atoms with Crippen LogP contribution < -0.4 is 5.56 Å². The van der Waals surface area contributed by atoms with E-state index in [2.05, 4.69) is 15.1 Å². The van der Waals surface area contributed by atoms with Crippen molar-refractivity contribution in [2.75, 3.05) is 0 Å². The van der Waals surface area contributed by atoms with E-state index in [1.165, 1.54) is 15.9 Å². The minimum absolute atomic E-state index is 0.136. The highest BCUT2D eigenvalue weighted by Crippen LogP contribution is 2.32. The third-order valence-corrected chi connectivity index (χ3v) is 6.82. The van der Waals surface area contributed by atoms with Gasteiger partial charge in [-0.25, -0.2) is 9.97 Å². The van der Waals surface area contributed by atoms with Gasteiger partial charge in [-0.3, -0.25) is 4.79 Å². The summed E-state index contributed by atoms with van der Waals surface area (Å²) >= 11 is 10.6. The van der Waals surface area contributed by atoms with Crippen LogP contribution in [0.3, 0.4) is 0 Å². The summed E-state index contributed by atoms with van der Waals surface area (Å²) < 4.78 is 3.41. The van der Waals surface area contributed by atoms with E-state index < -0.39 is 0 Å². The number of rotatable bonds is 4. The van der Waals surface area contributed by atoms with E-state index in [-0.39, 0.29) is 5.56 Å². The Morgan fingerprint density at radius 1 is 1.25 bits per heavy atom. The largest absolute Gasteiger partial charge is 0.275 e. The lowest BCUT2D eigenvalue weighted by molar-refractivity contribution is 0.852. The predicted octanol–water partition coefficient (Wildman–Crippen LogP) is 4.27. The molecule has 0 aliphatic carbocycles. The molecule has 4 rings (SSSR count). The number of thiazole rings is 1. The van der Waals surface area contributed by atoms with Gasteiger partial charge in [0.2, 0.25) is 4.96 Å². The first-order chi connectivity index (χ1) is 11.6. The molecule has 9 heteroatoms. The highest BCUT2D eigenvalue weighted by atomic mass is 35.5. The predicted molar refractivity (Wildman–Crippen MR) is 101 cm³/mol. The smallest absolute Gasteiger partial charge is 0.267 e. The number of benzene rings is 1. The minimum Gasteiger partial charge on any atom is -0.267 e. The van der Waals surface area contributed by atoms with E-state index in [1.54, 1.807) is 29.2 Å². The molecule has 0 aliphatic rings. The number of fused-ring (bicyclic) bond motifs is 2. The Kier molecular flexibility index (Phi) is 4.29. The van der Waals surface area contributed by atoms with Crippen LogP contribution in [0, 0.1) is 0 Å². The molecule has 0 saturated heterocycles. The summed E-state index contributed by atoms with van der Waals surface area (Å²) in [5, 5.41) is 5.85. The average Bonchev–Trinajstić information content (AvgIpc) is 3.15. The monoisotopic (exact) mass is 394 g/mol. The normalized spacial score (nSPS) is 11.6. The third-order valence-electron chi connectivity index (χ3n) is 3.32. The molecule has 0 bridgehead atoms. The quantitative estimate of drug-likeness (QED) is 0.484. The lowest BCUT2D eigenvalue weighted by atomic mass is 10.3. The Hall–Kier alpha value is -1.48. The zero-order valence-electron chi connectivity index (χ0n) is 12.5. The maximum Gasteiger partial charge on any atom is 0.275 e. The zero-order valence-corrected chi connectivity index (χ0v) is 15.7. The molecule has 0 saturated carbocycles. The Morgan fingerprint density at radius 2 is 2.12 bits per heavy atom. The first kappa shape index (κ1) is 16.0. The van der Waals surface area contributed by atoms with Gasteiger partial charge in [-0.1, -0.05) is 41.6 Å². The molecule has 0 amide bonds. The summed E-state index contributed by atoms with van der Waals surface area (Å²) in [5.41, 5.74) is 1.50. The molecule has 122 valence electrons. The first-order valence-electron chi connectivity index (χ1n) is 7.20. The fourth-order valence-corrected chi connectivity index (χ4v) is 5.15. The van der Waals surface area contributed by atoms with Crippen molar-refractivity contribution in [2.24, 2.45) is 0 Å². The fourth-order valence-electron chi connectivity index (χ4n) is 2.19. The molecule has 3 heterocycles. The topological polar surface area (TPSA) is 60.2 Å². The van der Waals surface area contributed by atoms with Gasteiger partial charge in [0.25, 0.3) is 5.56 Å². The molecule has 0 aliphatic heterocycles. The van der Waals surface area contributed by atoms with Crippen LogP contribution >= 0.6 is 46.0 Å². The SMILES string of the molecule is CCc1nn2c(=O)cc(CSc3nc4cc(Cl)ccc4s3)nc2s1. The Labute approximate surface area is 154 Å². The van der Waals surface area contributed by atoms with Crippen molar-refractivity contribution < 1.29 is 0 Å². The second kappa shape index (κ2) is 6.44. The van der Waals surface area contributed by atoms with Crippen LogP contribution in [0.2, 0.25) is 5.02 Å². The van der Waals surface area contributed by atoms with Crippen LogP contribution in [0.15, 0.2) is 33.4 Å². The van der Waals surface area contributed by atoms with E-state index in [0.29, 0.717) is 15.7 Å². The standard InChI is InChI=1S/C15H11ClN4OS3/c1-2-12-19-20-13(21)6-9(17-14(20)24-12)7-22-15-18-10-5-8(16)3-4-11(10)23-15/h3-6H,2,7H2,1H3. The van der Waals surface area contributed by atoms with Gasteiger partial charge >= 0.3 is 0 Å². The van der Waals surface area contributed by atoms with Crippen molar-refractivity contribution in [1.82, 2.24) is 19.6 Å². The number of halogens is 1. The molecule has 0 radical (unpaired) electrons. The second-order valence-corrected chi connectivity index (χ2v) is 8.74. The van der Waals surface area contributed by atoms with Crippen molar-refractivity contribution in [3.8, 4) is 0 Å². The number of hydrogen-bond donors (Lipinski definition) is 0. The summed E-state index contributed by atoms with van der Waals surface area (Å²) in [6.07, 6.45) is 0.797. The number of thioether (sulfide) groups is 1. The molecular formula is C15H11ClN4OS3. The van der Waals surface area contributed by atoms with Gasteiger partial charge < -0.3 is 0 Å². The summed E-state index contributed by atoms with van der Waals surface area (Å²) in [4.78, 5) is 21.9. The Bertz CT molecular complexity index is 1100. The van der Waals surface area contributed by atoms with E-state index >= 15 is 0 Å². The highest BCUT2D eigenvalue weighted by Gasteiger charge is 2.10. The number of aryl methyl sites for hydroxylation is 1. The van der Waals surface area contributed by atoms with Crippen LogP contribution in [-0.2, 0) is 12.2 Å². The van der Waals surface area contributed by atoms with Gasteiger partial charge in [0, 0.05) is 16.8 Å². The van der Waals surface area contributed by atoms with E-state index in [0.717, 1.165) is 31.7 Å². The molecule has 1 aromatic carbocycles. The van der Waals surface area contributed by atoms with Crippen molar-refractivity contribution >= 4 is 61.2 Å². The van der Waals surface area contributed by atoms with Crippen LogP contribution in [0.25, 0.3) is 15.2 Å². The molecule has 0 unspecified atom stereocenters. The van der Waals surface area contributed by atoms with Gasteiger partial charge in [0.1, 0.15) is 5.01 Å². The Morgan fingerprint density at radius 3 is 2.96 bits per heavy atom. The third kappa shape index (κ3) is 3.06. The minimum atomic E-state index is -0.136. The molecule has 0 N–H and O–H groups in total. The molecule has 5 nitrogen and oxygen atoms in total. The lowest BCUT2D eigenvalue weighted by Gasteiger charge is -1.98. The Balaban J connectivity index is 1.60. The van der Waals surface area contributed by atoms with Crippen molar-refractivity contribution in [2.45, 2.75) is 23.4 Å². The van der Waals surface area contributed by atoms with E-state index in [9.17, 15) is 4.79 Å². The van der Waals surface area contributed by atoms with Crippen molar-refractivity contribution in [3.63, 3.8) is 0 Å². The fraction of sp³-hybridized carbons (Fsp3) is 0.200. The van der Waals surface area contributed by atoms with Crippen molar-refractivity contribution in [3.05, 3.63) is 50.3 Å². The van der Waals surface area contributed by atoms with Gasteiger partial charge in [-0.05, 0) is 24.6 Å². The number of aromatic nitrogens is 4. The molecular weight excluding hydrogens is 384 g/mol. The van der Waals surface area contributed by atoms with Gasteiger partial charge in [-0.15, -0.1) is 11.3 Å². The maximum absolute atomic E-state index is 12.1. The molecule has 4 aromatic rings. The van der Waals surface area contributed by atoms with Crippen LogP contribution in [0.5, 0.6) is 0 Å².